The van der Waals surface area contributed by atoms with Gasteiger partial charge in [-0.15, -0.1) is 0 Å². The lowest BCUT2D eigenvalue weighted by atomic mass is 9.52. The minimum Gasteiger partial charge on any atom is -0.508 e. The minimum atomic E-state index is -0.679. The molecule has 0 aliphatic heterocycles. The van der Waals surface area contributed by atoms with Crippen molar-refractivity contribution in [1.82, 2.24) is 0 Å². The molecular formula is C40H52O4. The molecule has 236 valence electrons. The fraction of sp³-hybridized carbons (Fsp3) is 0.650. The van der Waals surface area contributed by atoms with E-state index in [0.29, 0.717) is 59.8 Å². The second kappa shape index (κ2) is 10.1. The Morgan fingerprint density at radius 1 is 0.614 bits per heavy atom. The first-order valence-electron chi connectivity index (χ1n) is 17.8. The molecule has 6 aliphatic rings. The van der Waals surface area contributed by atoms with Gasteiger partial charge in [0.25, 0.3) is 0 Å². The summed E-state index contributed by atoms with van der Waals surface area (Å²) < 4.78 is 0. The normalized spacial score (nSPS) is 43.9. The Bertz CT molecular complexity index is 1370. The van der Waals surface area contributed by atoms with E-state index in [-0.39, 0.29) is 10.8 Å². The number of aromatic hydroxyl groups is 2. The number of aryl methyl sites for hydroxylation is 2. The average Bonchev–Trinajstić information content (AvgIpc) is 3.44. The standard InChI is InChI=1S/C40H52O4/c1-37-19-13-31-29-11-7-27(41)23-25(29)5-9-33(31)35(37)15-21-39(37,43)17-3-4-18-40(44)22-16-36-34-10-6-26-24-28(42)8-12-30(26)32(34)14-20-38(36,40)2/h3-4,7-8,11-12,23-24,31-36,41-44H,5-6,9-10,13-22H2,1-2H3/b4-3+/t31-,32-,33-,34-,35+,36+,37+,38+,39+,40+/m1/s1. The molecule has 0 spiro atoms. The molecule has 6 aliphatic carbocycles. The summed E-state index contributed by atoms with van der Waals surface area (Å²) in [5.74, 6) is 4.19. The van der Waals surface area contributed by atoms with Crippen LogP contribution in [-0.4, -0.2) is 31.6 Å². The summed E-state index contributed by atoms with van der Waals surface area (Å²) in [4.78, 5) is 0. The van der Waals surface area contributed by atoms with Gasteiger partial charge >= 0.3 is 0 Å². The average molecular weight is 597 g/mol. The van der Waals surface area contributed by atoms with E-state index in [0.717, 1.165) is 77.0 Å². The molecule has 4 N–H and O–H groups in total. The Balaban J connectivity index is 0.946. The first-order valence-corrected chi connectivity index (χ1v) is 17.8. The molecule has 0 saturated heterocycles. The Morgan fingerprint density at radius 3 is 1.48 bits per heavy atom. The molecule has 8 rings (SSSR count). The van der Waals surface area contributed by atoms with Crippen molar-refractivity contribution in [2.24, 2.45) is 34.5 Å². The number of hydrogen-bond donors (Lipinski definition) is 4. The van der Waals surface area contributed by atoms with Gasteiger partial charge in [-0.05, 0) is 183 Å². The highest BCUT2D eigenvalue weighted by atomic mass is 16.3. The van der Waals surface area contributed by atoms with E-state index in [1.807, 2.05) is 24.3 Å². The second-order valence-corrected chi connectivity index (χ2v) is 16.5. The van der Waals surface area contributed by atoms with Crippen LogP contribution in [-0.2, 0) is 12.8 Å². The molecule has 0 unspecified atom stereocenters. The quantitative estimate of drug-likeness (QED) is 0.268. The molecule has 4 heteroatoms. The summed E-state index contributed by atoms with van der Waals surface area (Å²) in [5.41, 5.74) is 4.05. The van der Waals surface area contributed by atoms with Crippen molar-refractivity contribution in [3.8, 4) is 11.5 Å². The number of aliphatic hydroxyl groups is 2. The molecule has 2 aromatic carbocycles. The molecule has 0 aromatic heterocycles. The number of fused-ring (bicyclic) bond motifs is 10. The maximum atomic E-state index is 12.2. The van der Waals surface area contributed by atoms with E-state index in [9.17, 15) is 20.4 Å². The lowest BCUT2D eigenvalue weighted by Gasteiger charge is -2.53. The van der Waals surface area contributed by atoms with E-state index in [2.05, 4.69) is 38.1 Å². The molecule has 4 saturated carbocycles. The van der Waals surface area contributed by atoms with Gasteiger partial charge in [0.1, 0.15) is 11.5 Å². The van der Waals surface area contributed by atoms with Crippen molar-refractivity contribution in [2.45, 2.75) is 127 Å². The van der Waals surface area contributed by atoms with Gasteiger partial charge < -0.3 is 20.4 Å². The van der Waals surface area contributed by atoms with E-state index in [4.69, 9.17) is 0 Å². The van der Waals surface area contributed by atoms with Gasteiger partial charge in [-0.1, -0.05) is 38.1 Å². The number of phenols is 2. The molecule has 4 nitrogen and oxygen atoms in total. The van der Waals surface area contributed by atoms with Crippen LogP contribution in [0.5, 0.6) is 11.5 Å². The van der Waals surface area contributed by atoms with E-state index in [1.54, 1.807) is 0 Å². The third kappa shape index (κ3) is 4.08. The zero-order valence-corrected chi connectivity index (χ0v) is 26.8. The predicted octanol–water partition coefficient (Wildman–Crippen LogP) is 8.31. The third-order valence-electron chi connectivity index (χ3n) is 15.1. The lowest BCUT2D eigenvalue weighted by Crippen LogP contribution is -2.51. The van der Waals surface area contributed by atoms with Gasteiger partial charge in [-0.3, -0.25) is 0 Å². The fourth-order valence-electron chi connectivity index (χ4n) is 12.6. The molecule has 44 heavy (non-hydrogen) atoms. The summed E-state index contributed by atoms with van der Waals surface area (Å²) in [6.45, 7) is 4.75. The van der Waals surface area contributed by atoms with Gasteiger partial charge in [0.05, 0.1) is 11.2 Å². The predicted molar refractivity (Wildman–Crippen MR) is 174 cm³/mol. The van der Waals surface area contributed by atoms with Crippen molar-refractivity contribution in [2.75, 3.05) is 0 Å². The van der Waals surface area contributed by atoms with E-state index >= 15 is 0 Å². The molecule has 0 radical (unpaired) electrons. The zero-order chi connectivity index (χ0) is 30.5. The summed E-state index contributed by atoms with van der Waals surface area (Å²) >= 11 is 0. The van der Waals surface area contributed by atoms with Crippen molar-refractivity contribution in [3.63, 3.8) is 0 Å². The monoisotopic (exact) mass is 596 g/mol. The van der Waals surface area contributed by atoms with Crippen LogP contribution in [0.2, 0.25) is 0 Å². The molecule has 0 amide bonds. The molecule has 10 atom stereocenters. The number of hydrogen-bond acceptors (Lipinski definition) is 4. The Kier molecular flexibility index (Phi) is 6.68. The second-order valence-electron chi connectivity index (χ2n) is 16.5. The third-order valence-corrected chi connectivity index (χ3v) is 15.1. The first kappa shape index (κ1) is 29.1. The topological polar surface area (TPSA) is 80.9 Å². The summed E-state index contributed by atoms with van der Waals surface area (Å²) in [6.07, 6.45) is 18.5. The minimum absolute atomic E-state index is 0.0687. The SMILES string of the molecule is C[C@]12CC[C@@H]3c4ccc(O)cc4CC[C@H]3[C@@H]1CC[C@@]2(O)C/C=C/C[C@]1(O)CC[C@H]2[C@@H]3CCc4cc(O)ccc4[C@H]3CC[C@@]21C. The highest BCUT2D eigenvalue weighted by molar-refractivity contribution is 5.41. The van der Waals surface area contributed by atoms with Crippen LogP contribution in [0.1, 0.15) is 125 Å². The molecule has 2 aromatic rings. The highest BCUT2D eigenvalue weighted by Crippen LogP contribution is 2.67. The maximum Gasteiger partial charge on any atom is 0.115 e. The van der Waals surface area contributed by atoms with Gasteiger partial charge in [0.2, 0.25) is 0 Å². The zero-order valence-electron chi connectivity index (χ0n) is 26.8. The fourth-order valence-corrected chi connectivity index (χ4v) is 12.6. The van der Waals surface area contributed by atoms with Gasteiger partial charge in [-0.25, -0.2) is 0 Å². The Morgan fingerprint density at radius 2 is 1.05 bits per heavy atom. The first-order chi connectivity index (χ1) is 21.1. The number of phenolic OH excluding ortho intramolecular Hbond substituents is 2. The van der Waals surface area contributed by atoms with Crippen LogP contribution < -0.4 is 0 Å². The maximum absolute atomic E-state index is 12.2. The van der Waals surface area contributed by atoms with Crippen LogP contribution >= 0.6 is 0 Å². The largest absolute Gasteiger partial charge is 0.508 e. The van der Waals surface area contributed by atoms with E-state index < -0.39 is 11.2 Å². The smallest absolute Gasteiger partial charge is 0.115 e. The number of rotatable bonds is 4. The molecule has 4 fully saturated rings. The van der Waals surface area contributed by atoms with Crippen LogP contribution in [0.25, 0.3) is 0 Å². The molecule has 0 bridgehead atoms. The van der Waals surface area contributed by atoms with Crippen molar-refractivity contribution < 1.29 is 20.4 Å². The Labute approximate surface area is 263 Å². The van der Waals surface area contributed by atoms with Crippen molar-refractivity contribution in [1.29, 1.82) is 0 Å². The Hall–Kier alpha value is -2.30. The van der Waals surface area contributed by atoms with Crippen molar-refractivity contribution >= 4 is 0 Å². The molecule has 0 heterocycles. The van der Waals surface area contributed by atoms with Crippen LogP contribution in [0.4, 0.5) is 0 Å². The summed E-state index contributed by atoms with van der Waals surface area (Å²) in [7, 11) is 0. The van der Waals surface area contributed by atoms with Crippen LogP contribution in [0.3, 0.4) is 0 Å². The van der Waals surface area contributed by atoms with Crippen molar-refractivity contribution in [3.05, 3.63) is 70.8 Å². The van der Waals surface area contributed by atoms with E-state index in [1.165, 1.54) is 22.3 Å². The van der Waals surface area contributed by atoms with Gasteiger partial charge in [0.15, 0.2) is 0 Å². The molecular weight excluding hydrogens is 544 g/mol. The van der Waals surface area contributed by atoms with Crippen LogP contribution in [0.15, 0.2) is 48.6 Å². The van der Waals surface area contributed by atoms with Crippen LogP contribution in [0, 0.1) is 34.5 Å². The van der Waals surface area contributed by atoms with Gasteiger partial charge in [-0.2, -0.15) is 0 Å². The van der Waals surface area contributed by atoms with Gasteiger partial charge in [0, 0.05) is 0 Å². The lowest BCUT2D eigenvalue weighted by molar-refractivity contribution is -0.103. The highest BCUT2D eigenvalue weighted by Gasteiger charge is 2.62. The summed E-state index contributed by atoms with van der Waals surface area (Å²) in [6, 6.07) is 12.0. The number of benzene rings is 2. The summed E-state index contributed by atoms with van der Waals surface area (Å²) in [5, 5.41) is 44.5.